The van der Waals surface area contributed by atoms with Gasteiger partial charge < -0.3 is 10.0 Å². The Morgan fingerprint density at radius 2 is 2.05 bits per heavy atom. The summed E-state index contributed by atoms with van der Waals surface area (Å²) in [6.07, 6.45) is 3.38. The van der Waals surface area contributed by atoms with E-state index in [0.29, 0.717) is 4.88 Å². The minimum atomic E-state index is -0.910. The van der Waals surface area contributed by atoms with E-state index in [4.69, 9.17) is 5.11 Å². The molecule has 1 unspecified atom stereocenters. The molecule has 104 valence electrons. The fourth-order valence-electron chi connectivity index (χ4n) is 2.12. The maximum atomic E-state index is 12.2. The Labute approximate surface area is 120 Å². The SMILES string of the molecule is CC(Sc1csc(C(=O)O)c1)C(=O)N1CCCCC1. The molecule has 1 atom stereocenters. The van der Waals surface area contributed by atoms with Crippen LogP contribution >= 0.6 is 23.1 Å². The quantitative estimate of drug-likeness (QED) is 0.868. The number of carboxylic acids is 1. The lowest BCUT2D eigenvalue weighted by atomic mass is 10.1. The first-order valence-corrected chi connectivity index (χ1v) is 8.11. The summed E-state index contributed by atoms with van der Waals surface area (Å²) in [6.45, 7) is 3.60. The van der Waals surface area contributed by atoms with E-state index < -0.39 is 5.97 Å². The van der Waals surface area contributed by atoms with Gasteiger partial charge in [0.1, 0.15) is 4.88 Å². The number of amides is 1. The highest BCUT2D eigenvalue weighted by atomic mass is 32.2. The Morgan fingerprint density at radius 3 is 2.63 bits per heavy atom. The molecular weight excluding hydrogens is 282 g/mol. The summed E-state index contributed by atoms with van der Waals surface area (Å²) in [6, 6.07) is 1.64. The van der Waals surface area contributed by atoms with Crippen LogP contribution < -0.4 is 0 Å². The summed E-state index contributed by atoms with van der Waals surface area (Å²) in [5.41, 5.74) is 0. The van der Waals surface area contributed by atoms with Gasteiger partial charge in [-0.2, -0.15) is 0 Å². The molecule has 4 nitrogen and oxygen atoms in total. The van der Waals surface area contributed by atoms with Gasteiger partial charge in [0.2, 0.25) is 5.91 Å². The summed E-state index contributed by atoms with van der Waals surface area (Å²) in [5, 5.41) is 10.5. The highest BCUT2D eigenvalue weighted by molar-refractivity contribution is 8.00. The standard InChI is InChI=1S/C13H17NO3S2/c1-9(12(15)14-5-3-2-4-6-14)19-10-7-11(13(16)17)18-8-10/h7-9H,2-6H2,1H3,(H,16,17). The normalized spacial score (nSPS) is 17.2. The Kier molecular flexibility index (Phi) is 4.87. The Balaban J connectivity index is 1.93. The molecule has 1 aliphatic rings. The summed E-state index contributed by atoms with van der Waals surface area (Å²) < 4.78 is 0. The van der Waals surface area contributed by atoms with E-state index in [9.17, 15) is 9.59 Å². The van der Waals surface area contributed by atoms with Crippen LogP contribution in [0.3, 0.4) is 0 Å². The number of piperidine rings is 1. The Bertz CT molecular complexity index is 466. The van der Waals surface area contributed by atoms with Crippen molar-refractivity contribution in [2.75, 3.05) is 13.1 Å². The van der Waals surface area contributed by atoms with Crippen LogP contribution in [0, 0.1) is 0 Å². The summed E-state index contributed by atoms with van der Waals surface area (Å²) >= 11 is 2.64. The number of carbonyl (C=O) groups excluding carboxylic acids is 1. The van der Waals surface area contributed by atoms with Gasteiger partial charge in [0, 0.05) is 23.4 Å². The summed E-state index contributed by atoms with van der Waals surface area (Å²) in [5.74, 6) is -0.750. The molecule has 0 spiro atoms. The Morgan fingerprint density at radius 1 is 1.37 bits per heavy atom. The van der Waals surface area contributed by atoms with Gasteiger partial charge in [-0.05, 0) is 32.3 Å². The fraction of sp³-hybridized carbons (Fsp3) is 0.538. The van der Waals surface area contributed by atoms with Crippen molar-refractivity contribution in [1.82, 2.24) is 4.90 Å². The molecule has 1 amide bonds. The largest absolute Gasteiger partial charge is 0.477 e. The van der Waals surface area contributed by atoms with Gasteiger partial charge in [0.05, 0.1) is 5.25 Å². The van der Waals surface area contributed by atoms with Gasteiger partial charge in [-0.1, -0.05) is 0 Å². The summed E-state index contributed by atoms with van der Waals surface area (Å²) in [7, 11) is 0. The average molecular weight is 299 g/mol. The van der Waals surface area contributed by atoms with E-state index >= 15 is 0 Å². The third-order valence-corrected chi connectivity index (χ3v) is 5.24. The van der Waals surface area contributed by atoms with Crippen molar-refractivity contribution in [3.63, 3.8) is 0 Å². The molecule has 1 aromatic rings. The van der Waals surface area contributed by atoms with Crippen LogP contribution in [0.1, 0.15) is 35.9 Å². The number of thiophene rings is 1. The van der Waals surface area contributed by atoms with Crippen molar-refractivity contribution >= 4 is 35.0 Å². The average Bonchev–Trinajstić information content (AvgIpc) is 2.87. The highest BCUT2D eigenvalue weighted by Crippen LogP contribution is 2.29. The molecule has 0 radical (unpaired) electrons. The van der Waals surface area contributed by atoms with E-state index in [1.54, 1.807) is 11.4 Å². The zero-order valence-corrected chi connectivity index (χ0v) is 12.4. The molecule has 0 aromatic carbocycles. The topological polar surface area (TPSA) is 57.6 Å². The van der Waals surface area contributed by atoms with E-state index in [-0.39, 0.29) is 11.2 Å². The number of hydrogen-bond donors (Lipinski definition) is 1. The van der Waals surface area contributed by atoms with Crippen molar-refractivity contribution in [2.45, 2.75) is 36.3 Å². The van der Waals surface area contributed by atoms with Gasteiger partial charge in [0.15, 0.2) is 0 Å². The van der Waals surface area contributed by atoms with Gasteiger partial charge in [-0.15, -0.1) is 23.1 Å². The molecule has 6 heteroatoms. The van der Waals surface area contributed by atoms with E-state index in [2.05, 4.69) is 0 Å². The number of carboxylic acid groups (broad SMARTS) is 1. The number of hydrogen-bond acceptors (Lipinski definition) is 4. The minimum absolute atomic E-state index is 0.158. The monoisotopic (exact) mass is 299 g/mol. The number of carbonyl (C=O) groups is 2. The van der Waals surface area contributed by atoms with E-state index in [1.165, 1.54) is 29.5 Å². The van der Waals surface area contributed by atoms with E-state index in [0.717, 1.165) is 30.8 Å². The minimum Gasteiger partial charge on any atom is -0.477 e. The van der Waals surface area contributed by atoms with Gasteiger partial charge in [0.25, 0.3) is 0 Å². The number of nitrogens with zero attached hydrogens (tertiary/aromatic N) is 1. The van der Waals surface area contributed by atoms with Crippen LogP contribution in [0.4, 0.5) is 0 Å². The predicted molar refractivity (Wildman–Crippen MR) is 77.0 cm³/mol. The maximum Gasteiger partial charge on any atom is 0.345 e. The lowest BCUT2D eigenvalue weighted by molar-refractivity contribution is -0.131. The molecule has 2 rings (SSSR count). The second-order valence-electron chi connectivity index (χ2n) is 4.60. The molecule has 1 aliphatic heterocycles. The number of likely N-dealkylation sites (tertiary alicyclic amines) is 1. The van der Waals surface area contributed by atoms with Crippen LogP contribution in [0.15, 0.2) is 16.3 Å². The summed E-state index contributed by atoms with van der Waals surface area (Å²) in [4.78, 5) is 26.1. The van der Waals surface area contributed by atoms with Crippen molar-refractivity contribution < 1.29 is 14.7 Å². The van der Waals surface area contributed by atoms with Crippen molar-refractivity contribution in [2.24, 2.45) is 0 Å². The number of aromatic carboxylic acids is 1. The van der Waals surface area contributed by atoms with Crippen LogP contribution in [-0.4, -0.2) is 40.2 Å². The second-order valence-corrected chi connectivity index (χ2v) is 6.92. The third kappa shape index (κ3) is 3.73. The zero-order chi connectivity index (χ0) is 13.8. The first-order chi connectivity index (χ1) is 9.08. The van der Waals surface area contributed by atoms with Crippen molar-refractivity contribution in [3.05, 3.63) is 16.3 Å². The van der Waals surface area contributed by atoms with Crippen LogP contribution in [-0.2, 0) is 4.79 Å². The van der Waals surface area contributed by atoms with Crippen molar-refractivity contribution in [3.8, 4) is 0 Å². The van der Waals surface area contributed by atoms with Gasteiger partial charge in [-0.25, -0.2) is 4.79 Å². The van der Waals surface area contributed by atoms with Gasteiger partial charge >= 0.3 is 5.97 Å². The molecule has 1 N–H and O–H groups in total. The van der Waals surface area contributed by atoms with E-state index in [1.807, 2.05) is 11.8 Å². The number of rotatable bonds is 4. The predicted octanol–water partition coefficient (Wildman–Crippen LogP) is 2.94. The van der Waals surface area contributed by atoms with Gasteiger partial charge in [-0.3, -0.25) is 4.79 Å². The van der Waals surface area contributed by atoms with Crippen LogP contribution in [0.2, 0.25) is 0 Å². The molecule has 0 aliphatic carbocycles. The molecule has 1 aromatic heterocycles. The smallest absolute Gasteiger partial charge is 0.345 e. The third-order valence-electron chi connectivity index (χ3n) is 3.11. The molecule has 19 heavy (non-hydrogen) atoms. The maximum absolute atomic E-state index is 12.2. The first kappa shape index (κ1) is 14.4. The molecule has 0 bridgehead atoms. The highest BCUT2D eigenvalue weighted by Gasteiger charge is 2.23. The molecule has 0 saturated carbocycles. The fourth-order valence-corrected chi connectivity index (χ4v) is 4.01. The second kappa shape index (κ2) is 6.43. The molecule has 2 heterocycles. The Hall–Kier alpha value is -1.01. The van der Waals surface area contributed by atoms with Crippen LogP contribution in [0.5, 0.6) is 0 Å². The zero-order valence-electron chi connectivity index (χ0n) is 10.8. The lowest BCUT2D eigenvalue weighted by Gasteiger charge is -2.28. The lowest BCUT2D eigenvalue weighted by Crippen LogP contribution is -2.40. The molecule has 1 saturated heterocycles. The first-order valence-electron chi connectivity index (χ1n) is 6.35. The molecule has 1 fully saturated rings. The molecular formula is C13H17NO3S2. The number of thioether (sulfide) groups is 1. The van der Waals surface area contributed by atoms with Crippen LogP contribution in [0.25, 0.3) is 0 Å². The van der Waals surface area contributed by atoms with Crippen molar-refractivity contribution in [1.29, 1.82) is 0 Å².